The molecular weight excluding hydrogens is 502 g/mol. The van der Waals surface area contributed by atoms with E-state index in [9.17, 15) is 29.4 Å². The number of nitrogens with two attached hydrogens (primary N) is 2. The van der Waals surface area contributed by atoms with Crippen molar-refractivity contribution in [1.82, 2.24) is 15.2 Å². The molecule has 11 heteroatoms. The predicted molar refractivity (Wildman–Crippen MR) is 138 cm³/mol. The van der Waals surface area contributed by atoms with Crippen LogP contribution in [0.5, 0.6) is 5.75 Å². The number of nitrogens with zero attached hydrogens (tertiary/aromatic N) is 1. The molecular formula is C28H31N5O6. The van der Waals surface area contributed by atoms with Gasteiger partial charge in [-0.25, -0.2) is 0 Å². The molecule has 5 aliphatic rings. The van der Waals surface area contributed by atoms with Gasteiger partial charge in [0.2, 0.25) is 11.8 Å². The number of aromatic amines is 1. The predicted octanol–water partition coefficient (Wildman–Crippen LogP) is -0.871. The molecule has 2 heterocycles. The number of aromatic nitrogens is 1. The number of aliphatic hydroxyl groups is 1. The van der Waals surface area contributed by atoms with Gasteiger partial charge in [-0.2, -0.15) is 0 Å². The van der Waals surface area contributed by atoms with Gasteiger partial charge in [0, 0.05) is 49.0 Å². The quantitative estimate of drug-likeness (QED) is 0.266. The smallest absolute Gasteiger partial charge is 0.261 e. The minimum atomic E-state index is -1.35. The Morgan fingerprint density at radius 2 is 1.95 bits per heavy atom. The van der Waals surface area contributed by atoms with Crippen molar-refractivity contribution in [3.8, 4) is 5.75 Å². The summed E-state index contributed by atoms with van der Waals surface area (Å²) in [4.78, 5) is 54.4. The molecule has 39 heavy (non-hydrogen) atoms. The number of pyridine rings is 1. The number of carbonyl (C=O) groups is 3. The number of hydrogen-bond donors (Lipinski definition) is 6. The summed E-state index contributed by atoms with van der Waals surface area (Å²) < 4.78 is 0. The highest BCUT2D eigenvalue weighted by atomic mass is 16.3. The number of carbonyl (C=O) groups excluding carboxylic acids is 3. The van der Waals surface area contributed by atoms with Gasteiger partial charge in [0.25, 0.3) is 11.5 Å². The lowest BCUT2D eigenvalue weighted by molar-refractivity contribution is -0.124. The molecule has 4 bridgehead atoms. The van der Waals surface area contributed by atoms with Crippen molar-refractivity contribution in [2.75, 3.05) is 13.1 Å². The van der Waals surface area contributed by atoms with E-state index in [4.69, 9.17) is 11.5 Å². The van der Waals surface area contributed by atoms with E-state index >= 15 is 0 Å². The van der Waals surface area contributed by atoms with Crippen LogP contribution in [0, 0.1) is 11.8 Å². The fourth-order valence-electron chi connectivity index (χ4n) is 8.40. The molecule has 6 atom stereocenters. The molecule has 1 saturated heterocycles. The van der Waals surface area contributed by atoms with Crippen LogP contribution in [-0.4, -0.2) is 68.6 Å². The van der Waals surface area contributed by atoms with Crippen molar-refractivity contribution in [2.24, 2.45) is 23.3 Å². The molecule has 4 aliphatic carbocycles. The number of benzene rings is 1. The fourth-order valence-corrected chi connectivity index (χ4v) is 8.40. The molecule has 4 unspecified atom stereocenters. The first kappa shape index (κ1) is 24.3. The van der Waals surface area contributed by atoms with Crippen LogP contribution in [0.3, 0.4) is 0 Å². The monoisotopic (exact) mass is 533 g/mol. The Labute approximate surface area is 223 Å². The number of likely N-dealkylation sites (tertiary alicyclic amines) is 1. The standard InChI is InChI=1S/C28H31N5O6/c29-21(35)7-19(24(30)36)31-25(37)16-5-13-8-28(39)23-22-15-4-3-14(34)6-17(15)27(28,9-20(13)32-26(16)38)18(22)11-33(23)10-12-1-2-12/h3-6,12,18-19,22-23,34,39H,1-2,7-11H2,(H2,29,35)(H2,30,36)(H,31,37)(H,32,38)/t18?,19-,22?,23?,27+,28?/m0/s1. The first-order valence-corrected chi connectivity index (χ1v) is 13.5. The van der Waals surface area contributed by atoms with E-state index in [2.05, 4.69) is 15.2 Å². The number of amides is 3. The molecule has 1 aromatic carbocycles. The number of piperidine rings is 1. The maximum Gasteiger partial charge on any atom is 0.261 e. The Morgan fingerprint density at radius 3 is 2.64 bits per heavy atom. The normalized spacial score (nSPS) is 32.3. The van der Waals surface area contributed by atoms with E-state index < -0.39 is 46.8 Å². The van der Waals surface area contributed by atoms with Gasteiger partial charge in [-0.05, 0) is 59.6 Å². The van der Waals surface area contributed by atoms with Crippen LogP contribution in [0.15, 0.2) is 29.1 Å². The zero-order chi connectivity index (χ0) is 27.4. The average molecular weight is 534 g/mol. The summed E-state index contributed by atoms with van der Waals surface area (Å²) in [6.07, 6.45) is 2.54. The Kier molecular flexibility index (Phi) is 4.94. The SMILES string of the molecule is NC(=O)C[C@H](NC(=O)c1cc2c([nH]c1=O)C[C@@]13c4cc(O)ccc4C4C(N(CC5CC5)CC41)C3(O)C2)C(N)=O. The Balaban J connectivity index is 1.29. The Morgan fingerprint density at radius 1 is 1.18 bits per heavy atom. The molecule has 0 radical (unpaired) electrons. The van der Waals surface area contributed by atoms with Crippen LogP contribution in [-0.2, 0) is 27.8 Å². The fraction of sp³-hybridized carbons (Fsp3) is 0.500. The minimum Gasteiger partial charge on any atom is -0.508 e. The summed E-state index contributed by atoms with van der Waals surface area (Å²) in [5.74, 6) is -1.54. The van der Waals surface area contributed by atoms with Crippen LogP contribution in [0.25, 0.3) is 0 Å². The first-order valence-electron chi connectivity index (χ1n) is 13.5. The van der Waals surface area contributed by atoms with Crippen LogP contribution >= 0.6 is 0 Å². The summed E-state index contributed by atoms with van der Waals surface area (Å²) in [5.41, 5.74) is 11.2. The van der Waals surface area contributed by atoms with Gasteiger partial charge < -0.3 is 32.0 Å². The van der Waals surface area contributed by atoms with Gasteiger partial charge in [-0.3, -0.25) is 24.1 Å². The molecule has 3 amide bonds. The van der Waals surface area contributed by atoms with Crippen LogP contribution < -0.4 is 22.3 Å². The summed E-state index contributed by atoms with van der Waals surface area (Å²) in [6, 6.07) is 5.49. The lowest BCUT2D eigenvalue weighted by Crippen LogP contribution is -2.69. The van der Waals surface area contributed by atoms with Gasteiger partial charge in [0.15, 0.2) is 0 Å². The van der Waals surface area contributed by atoms with Crippen LogP contribution in [0.2, 0.25) is 0 Å². The molecule has 7 rings (SSSR count). The molecule has 204 valence electrons. The number of fused-ring (bicyclic) bond motifs is 3. The highest BCUT2D eigenvalue weighted by Crippen LogP contribution is 2.73. The molecule has 1 aromatic heterocycles. The minimum absolute atomic E-state index is 0.104. The van der Waals surface area contributed by atoms with Crippen molar-refractivity contribution < 1.29 is 24.6 Å². The van der Waals surface area contributed by atoms with E-state index in [0.717, 1.165) is 18.7 Å². The number of primary amides is 2. The van der Waals surface area contributed by atoms with Gasteiger partial charge in [0.1, 0.15) is 17.4 Å². The van der Waals surface area contributed by atoms with E-state index in [1.807, 2.05) is 6.07 Å². The summed E-state index contributed by atoms with van der Waals surface area (Å²) in [7, 11) is 0. The number of nitrogens with one attached hydrogen (secondary N) is 2. The second-order valence-corrected chi connectivity index (χ2v) is 12.1. The first-order chi connectivity index (χ1) is 18.5. The van der Waals surface area contributed by atoms with Crippen molar-refractivity contribution >= 4 is 17.7 Å². The van der Waals surface area contributed by atoms with Crippen LogP contribution in [0.1, 0.15) is 57.9 Å². The number of rotatable bonds is 7. The Hall–Kier alpha value is -3.70. The van der Waals surface area contributed by atoms with Gasteiger partial charge in [0.05, 0.1) is 12.0 Å². The molecule has 3 fully saturated rings. The van der Waals surface area contributed by atoms with E-state index in [-0.39, 0.29) is 35.6 Å². The second-order valence-electron chi connectivity index (χ2n) is 12.1. The van der Waals surface area contributed by atoms with Gasteiger partial charge in [-0.1, -0.05) is 6.07 Å². The van der Waals surface area contributed by atoms with Crippen molar-refractivity contribution in [1.29, 1.82) is 0 Å². The number of H-pyrrole nitrogens is 1. The topological polar surface area (TPSA) is 192 Å². The lowest BCUT2D eigenvalue weighted by Gasteiger charge is -2.57. The summed E-state index contributed by atoms with van der Waals surface area (Å²) in [6.45, 7) is 1.81. The third kappa shape index (κ3) is 3.23. The third-order valence-electron chi connectivity index (χ3n) is 9.99. The molecule has 11 nitrogen and oxygen atoms in total. The lowest BCUT2D eigenvalue weighted by atomic mass is 9.55. The van der Waals surface area contributed by atoms with E-state index in [1.165, 1.54) is 24.5 Å². The highest BCUT2D eigenvalue weighted by Gasteiger charge is 2.79. The number of aromatic hydroxyl groups is 1. The van der Waals surface area contributed by atoms with Gasteiger partial charge in [-0.15, -0.1) is 0 Å². The Bertz CT molecular complexity index is 1520. The molecule has 1 aliphatic heterocycles. The van der Waals surface area contributed by atoms with Crippen LogP contribution in [0.4, 0.5) is 0 Å². The third-order valence-corrected chi connectivity index (χ3v) is 9.99. The number of hydrogen-bond acceptors (Lipinski definition) is 7. The van der Waals surface area contributed by atoms with E-state index in [0.29, 0.717) is 23.6 Å². The van der Waals surface area contributed by atoms with Crippen molar-refractivity contribution in [3.63, 3.8) is 0 Å². The second kappa shape index (κ2) is 7.92. The highest BCUT2D eigenvalue weighted by molar-refractivity contribution is 5.98. The maximum absolute atomic E-state index is 13.1. The zero-order valence-corrected chi connectivity index (χ0v) is 21.3. The summed E-state index contributed by atoms with van der Waals surface area (Å²) >= 11 is 0. The van der Waals surface area contributed by atoms with Crippen molar-refractivity contribution in [2.45, 2.75) is 61.1 Å². The number of phenols is 1. The average Bonchev–Trinajstić information content (AvgIpc) is 3.48. The molecule has 1 spiro atoms. The maximum atomic E-state index is 13.1. The number of phenolic OH excluding ortho intramolecular Hbond substituents is 1. The van der Waals surface area contributed by atoms with Crippen molar-refractivity contribution in [3.05, 3.63) is 62.6 Å². The largest absolute Gasteiger partial charge is 0.508 e. The molecule has 8 N–H and O–H groups in total. The summed E-state index contributed by atoms with van der Waals surface area (Å²) in [5, 5.41) is 25.4. The van der Waals surface area contributed by atoms with Gasteiger partial charge >= 0.3 is 0 Å². The zero-order valence-electron chi connectivity index (χ0n) is 21.3. The molecule has 2 saturated carbocycles. The van der Waals surface area contributed by atoms with E-state index in [1.54, 1.807) is 12.1 Å². The molecule has 2 aromatic rings.